The Bertz CT molecular complexity index is 802. The second kappa shape index (κ2) is 12.7. The van der Waals surface area contributed by atoms with E-state index in [0.717, 1.165) is 56.4 Å². The monoisotopic (exact) mass is 537 g/mol. The van der Waals surface area contributed by atoms with Crippen LogP contribution < -0.4 is 20.3 Å². The number of aryl methyl sites for hydroxylation is 1. The number of hydrogen-bond acceptors (Lipinski definition) is 4. The van der Waals surface area contributed by atoms with Gasteiger partial charge in [-0.25, -0.2) is 4.98 Å². The molecule has 7 heteroatoms. The summed E-state index contributed by atoms with van der Waals surface area (Å²) in [5.41, 5.74) is 2.53. The minimum atomic E-state index is 0. The van der Waals surface area contributed by atoms with Gasteiger partial charge in [-0.3, -0.25) is 4.99 Å². The van der Waals surface area contributed by atoms with Gasteiger partial charge in [-0.05, 0) is 61.4 Å². The highest BCUT2D eigenvalue weighted by Gasteiger charge is 2.20. The number of aromatic nitrogens is 1. The van der Waals surface area contributed by atoms with Crippen LogP contribution in [0.25, 0.3) is 0 Å². The van der Waals surface area contributed by atoms with Crippen LogP contribution in [-0.4, -0.2) is 50.8 Å². The van der Waals surface area contributed by atoms with E-state index in [1.807, 2.05) is 25.4 Å². The van der Waals surface area contributed by atoms with E-state index >= 15 is 0 Å². The molecule has 0 aliphatic carbocycles. The summed E-state index contributed by atoms with van der Waals surface area (Å²) in [7, 11) is 3.54. The molecule has 1 aromatic carbocycles. The van der Waals surface area contributed by atoms with Crippen molar-refractivity contribution in [1.29, 1.82) is 0 Å². The van der Waals surface area contributed by atoms with Crippen LogP contribution in [0.4, 0.5) is 5.82 Å². The molecule has 0 radical (unpaired) electrons. The fourth-order valence-electron chi connectivity index (χ4n) is 3.79. The first-order valence-electron chi connectivity index (χ1n) is 10.9. The predicted molar refractivity (Wildman–Crippen MR) is 140 cm³/mol. The van der Waals surface area contributed by atoms with Crippen LogP contribution in [0.1, 0.15) is 43.2 Å². The van der Waals surface area contributed by atoms with Gasteiger partial charge in [-0.2, -0.15) is 0 Å². The number of hydrogen-bond donors (Lipinski definition) is 2. The number of piperidine rings is 1. The van der Waals surface area contributed by atoms with Gasteiger partial charge in [0.25, 0.3) is 0 Å². The van der Waals surface area contributed by atoms with Crippen molar-refractivity contribution in [2.75, 3.05) is 38.7 Å². The van der Waals surface area contributed by atoms with Crippen molar-refractivity contribution in [2.45, 2.75) is 45.1 Å². The molecule has 2 aromatic rings. The van der Waals surface area contributed by atoms with Gasteiger partial charge in [0.05, 0.1) is 7.11 Å². The van der Waals surface area contributed by atoms with E-state index in [-0.39, 0.29) is 24.0 Å². The van der Waals surface area contributed by atoms with Crippen molar-refractivity contribution >= 4 is 35.8 Å². The number of aliphatic imine (C=N–C) groups is 1. The lowest BCUT2D eigenvalue weighted by molar-refractivity contribution is 0.414. The van der Waals surface area contributed by atoms with Gasteiger partial charge in [-0.1, -0.05) is 25.1 Å². The summed E-state index contributed by atoms with van der Waals surface area (Å²) in [5, 5.41) is 7.07. The molecule has 2 N–H and O–H groups in total. The Morgan fingerprint density at radius 3 is 2.48 bits per heavy atom. The van der Waals surface area contributed by atoms with Gasteiger partial charge in [0.1, 0.15) is 11.6 Å². The molecule has 0 amide bonds. The topological polar surface area (TPSA) is 61.8 Å². The fourth-order valence-corrected chi connectivity index (χ4v) is 3.79. The first kappa shape index (κ1) is 25.2. The van der Waals surface area contributed by atoms with Crippen molar-refractivity contribution in [3.63, 3.8) is 0 Å². The standard InChI is InChI=1S/C24H35N5O.HI/c1-18-5-10-23(27-17-18)29-15-12-21(13-16-29)28-24(25-3)26-14-11-19(2)20-6-8-22(30-4)9-7-20;/h5-10,17,19,21H,11-16H2,1-4H3,(H2,25,26,28);1H. The number of rotatable bonds is 7. The molecule has 3 rings (SSSR count). The third kappa shape index (κ3) is 7.55. The third-order valence-electron chi connectivity index (χ3n) is 5.83. The molecule has 0 bridgehead atoms. The SMILES string of the molecule is CN=C(NCCC(C)c1ccc(OC)cc1)NC1CCN(c2ccc(C)cn2)CC1.I. The zero-order valence-electron chi connectivity index (χ0n) is 19.1. The Labute approximate surface area is 203 Å². The highest BCUT2D eigenvalue weighted by Crippen LogP contribution is 2.21. The summed E-state index contributed by atoms with van der Waals surface area (Å²) in [6.07, 6.45) is 5.15. The van der Waals surface area contributed by atoms with Gasteiger partial charge in [0, 0.05) is 38.9 Å². The summed E-state index contributed by atoms with van der Waals surface area (Å²) < 4.78 is 5.24. The molecule has 6 nitrogen and oxygen atoms in total. The van der Waals surface area contributed by atoms with Gasteiger partial charge in [-0.15, -0.1) is 24.0 Å². The number of nitrogens with one attached hydrogen (secondary N) is 2. The van der Waals surface area contributed by atoms with Crippen molar-refractivity contribution in [1.82, 2.24) is 15.6 Å². The van der Waals surface area contributed by atoms with Crippen molar-refractivity contribution < 1.29 is 4.74 Å². The molecular weight excluding hydrogens is 501 g/mol. The van der Waals surface area contributed by atoms with Crippen molar-refractivity contribution in [3.8, 4) is 5.75 Å². The Morgan fingerprint density at radius 2 is 1.90 bits per heavy atom. The summed E-state index contributed by atoms with van der Waals surface area (Å²) in [4.78, 5) is 11.3. The molecule has 1 aromatic heterocycles. The molecule has 1 unspecified atom stereocenters. The summed E-state index contributed by atoms with van der Waals surface area (Å²) in [5.74, 6) is 3.35. The highest BCUT2D eigenvalue weighted by molar-refractivity contribution is 14.0. The highest BCUT2D eigenvalue weighted by atomic mass is 127. The second-order valence-electron chi connectivity index (χ2n) is 8.06. The first-order valence-corrected chi connectivity index (χ1v) is 10.9. The Morgan fingerprint density at radius 1 is 1.19 bits per heavy atom. The van der Waals surface area contributed by atoms with Crippen LogP contribution in [0.5, 0.6) is 5.75 Å². The van der Waals surface area contributed by atoms with E-state index in [1.54, 1.807) is 7.11 Å². The van der Waals surface area contributed by atoms with E-state index < -0.39 is 0 Å². The summed E-state index contributed by atoms with van der Waals surface area (Å²) >= 11 is 0. The molecule has 31 heavy (non-hydrogen) atoms. The lowest BCUT2D eigenvalue weighted by Crippen LogP contribution is -2.49. The molecule has 2 heterocycles. The number of guanidine groups is 1. The average Bonchev–Trinajstić information content (AvgIpc) is 2.79. The lowest BCUT2D eigenvalue weighted by atomic mass is 9.98. The Hall–Kier alpha value is -2.03. The smallest absolute Gasteiger partial charge is 0.191 e. The van der Waals surface area contributed by atoms with E-state index in [9.17, 15) is 0 Å². The normalized spacial score (nSPS) is 15.7. The quantitative estimate of drug-likeness (QED) is 0.313. The van der Waals surface area contributed by atoms with Gasteiger partial charge in [0.15, 0.2) is 5.96 Å². The molecule has 0 saturated carbocycles. The third-order valence-corrected chi connectivity index (χ3v) is 5.83. The van der Waals surface area contributed by atoms with Crippen LogP contribution in [-0.2, 0) is 0 Å². The number of benzene rings is 1. The number of halogens is 1. The maximum Gasteiger partial charge on any atom is 0.191 e. The fraction of sp³-hybridized carbons (Fsp3) is 0.500. The van der Waals surface area contributed by atoms with Crippen LogP contribution in [0.3, 0.4) is 0 Å². The molecule has 1 saturated heterocycles. The maximum absolute atomic E-state index is 5.24. The number of ether oxygens (including phenoxy) is 1. The summed E-state index contributed by atoms with van der Waals surface area (Å²) in [6.45, 7) is 7.25. The molecule has 0 spiro atoms. The predicted octanol–water partition coefficient (Wildman–Crippen LogP) is 4.34. The van der Waals surface area contributed by atoms with Gasteiger partial charge in [0.2, 0.25) is 0 Å². The number of nitrogens with zero attached hydrogens (tertiary/aromatic N) is 3. The van der Waals surface area contributed by atoms with E-state index in [4.69, 9.17) is 4.74 Å². The van der Waals surface area contributed by atoms with Crippen LogP contribution in [0, 0.1) is 6.92 Å². The molecule has 1 fully saturated rings. The Balaban J connectivity index is 0.00000341. The zero-order chi connectivity index (χ0) is 21.3. The summed E-state index contributed by atoms with van der Waals surface area (Å²) in [6, 6.07) is 13.0. The van der Waals surface area contributed by atoms with E-state index in [2.05, 4.69) is 63.6 Å². The average molecular weight is 537 g/mol. The Kier molecular flexibility index (Phi) is 10.4. The molecule has 1 atom stereocenters. The minimum Gasteiger partial charge on any atom is -0.497 e. The maximum atomic E-state index is 5.24. The van der Waals surface area contributed by atoms with Crippen LogP contribution in [0.15, 0.2) is 47.6 Å². The second-order valence-corrected chi connectivity index (χ2v) is 8.06. The number of methoxy groups -OCH3 is 1. The lowest BCUT2D eigenvalue weighted by Gasteiger charge is -2.33. The molecular formula is C24H36IN5O. The van der Waals surface area contributed by atoms with Crippen LogP contribution >= 0.6 is 24.0 Å². The molecule has 1 aliphatic heterocycles. The minimum absolute atomic E-state index is 0. The number of pyridine rings is 1. The van der Waals surface area contributed by atoms with E-state index in [1.165, 1.54) is 11.1 Å². The first-order chi connectivity index (χ1) is 14.6. The van der Waals surface area contributed by atoms with Crippen molar-refractivity contribution in [3.05, 3.63) is 53.7 Å². The zero-order valence-corrected chi connectivity index (χ0v) is 21.4. The van der Waals surface area contributed by atoms with E-state index in [0.29, 0.717) is 12.0 Å². The number of anilines is 1. The van der Waals surface area contributed by atoms with Crippen LogP contribution in [0.2, 0.25) is 0 Å². The van der Waals surface area contributed by atoms with Gasteiger partial charge >= 0.3 is 0 Å². The largest absolute Gasteiger partial charge is 0.497 e. The van der Waals surface area contributed by atoms with Crippen molar-refractivity contribution in [2.24, 2.45) is 4.99 Å². The molecule has 170 valence electrons. The molecule has 1 aliphatic rings. The van der Waals surface area contributed by atoms with Gasteiger partial charge < -0.3 is 20.3 Å².